The molecule has 1 aliphatic rings. The van der Waals surface area contributed by atoms with Gasteiger partial charge in [0.15, 0.2) is 5.78 Å². The van der Waals surface area contributed by atoms with Crippen LogP contribution in [0.5, 0.6) is 11.5 Å². The predicted molar refractivity (Wildman–Crippen MR) is 74.9 cm³/mol. The molecule has 1 aliphatic carbocycles. The lowest BCUT2D eigenvalue weighted by Crippen LogP contribution is -2.22. The van der Waals surface area contributed by atoms with Gasteiger partial charge in [-0.2, -0.15) is 0 Å². The summed E-state index contributed by atoms with van der Waals surface area (Å²) in [5, 5.41) is 19.0. The Bertz CT molecular complexity index is 850. The van der Waals surface area contributed by atoms with Crippen LogP contribution in [0.4, 0.5) is 0 Å². The van der Waals surface area contributed by atoms with E-state index in [0.717, 1.165) is 12.1 Å². The Morgan fingerprint density at radius 2 is 1.77 bits per heavy atom. The number of hydrogen-bond acceptors (Lipinski definition) is 5. The summed E-state index contributed by atoms with van der Waals surface area (Å²) in [7, 11) is 1.37. The third kappa shape index (κ3) is 1.77. The molecular weight excluding hydrogens is 288 g/mol. The van der Waals surface area contributed by atoms with E-state index < -0.39 is 23.3 Å². The maximum atomic E-state index is 12.6. The van der Waals surface area contributed by atoms with Gasteiger partial charge in [0, 0.05) is 11.1 Å². The van der Waals surface area contributed by atoms with Gasteiger partial charge in [0.25, 0.3) is 0 Å². The Kier molecular flexibility index (Phi) is 2.95. The van der Waals surface area contributed by atoms with Crippen LogP contribution in [0.25, 0.3) is 0 Å². The minimum Gasteiger partial charge on any atom is -0.507 e. The Balaban J connectivity index is 2.34. The number of aromatic carboxylic acids is 1. The molecule has 0 amide bonds. The third-order valence-corrected chi connectivity index (χ3v) is 3.55. The number of phenolic OH excluding ortho intramolecular Hbond substituents is 1. The van der Waals surface area contributed by atoms with Crippen molar-refractivity contribution in [3.8, 4) is 11.5 Å². The zero-order chi connectivity index (χ0) is 16.0. The molecule has 0 unspecified atom stereocenters. The van der Waals surface area contributed by atoms with Gasteiger partial charge in [-0.25, -0.2) is 4.79 Å². The van der Waals surface area contributed by atoms with Crippen LogP contribution in [0.1, 0.15) is 42.2 Å². The highest BCUT2D eigenvalue weighted by Gasteiger charge is 2.35. The van der Waals surface area contributed by atoms with Crippen LogP contribution < -0.4 is 4.74 Å². The van der Waals surface area contributed by atoms with E-state index in [-0.39, 0.29) is 33.6 Å². The number of ketones is 2. The van der Waals surface area contributed by atoms with Crippen molar-refractivity contribution in [2.75, 3.05) is 7.11 Å². The van der Waals surface area contributed by atoms with Crippen molar-refractivity contribution in [2.24, 2.45) is 0 Å². The molecule has 0 spiro atoms. The fourth-order valence-electron chi connectivity index (χ4n) is 2.56. The number of fused-ring (bicyclic) bond motifs is 2. The molecule has 0 aliphatic heterocycles. The molecule has 0 saturated carbocycles. The van der Waals surface area contributed by atoms with Gasteiger partial charge in [-0.05, 0) is 18.2 Å². The SMILES string of the molecule is COc1cccc2c1C(=O)c1c(O)cc(C(=O)O)cc1C2=O. The number of carboxylic acid groups (broad SMARTS) is 1. The molecule has 6 nitrogen and oxygen atoms in total. The molecule has 0 bridgehead atoms. The topological polar surface area (TPSA) is 101 Å². The summed E-state index contributed by atoms with van der Waals surface area (Å²) >= 11 is 0. The van der Waals surface area contributed by atoms with E-state index >= 15 is 0 Å². The monoisotopic (exact) mass is 298 g/mol. The van der Waals surface area contributed by atoms with E-state index in [9.17, 15) is 19.5 Å². The largest absolute Gasteiger partial charge is 0.507 e. The van der Waals surface area contributed by atoms with Crippen LogP contribution in [0.2, 0.25) is 0 Å². The average molecular weight is 298 g/mol. The maximum absolute atomic E-state index is 12.6. The molecule has 0 aromatic heterocycles. The van der Waals surface area contributed by atoms with E-state index in [0.29, 0.717) is 0 Å². The highest BCUT2D eigenvalue weighted by molar-refractivity contribution is 6.30. The highest BCUT2D eigenvalue weighted by atomic mass is 16.5. The average Bonchev–Trinajstić information content (AvgIpc) is 2.50. The fraction of sp³-hybridized carbons (Fsp3) is 0.0625. The zero-order valence-electron chi connectivity index (χ0n) is 11.4. The van der Waals surface area contributed by atoms with Crippen molar-refractivity contribution in [1.29, 1.82) is 0 Å². The van der Waals surface area contributed by atoms with Gasteiger partial charge in [0.05, 0.1) is 23.8 Å². The second-order valence-corrected chi connectivity index (χ2v) is 4.76. The van der Waals surface area contributed by atoms with Crippen molar-refractivity contribution in [2.45, 2.75) is 0 Å². The standard InChI is InChI=1S/C16H10O6/c1-22-11-4-2-3-8-13(11)15(19)12-9(14(8)18)5-7(16(20)21)6-10(12)17/h2-6,17H,1H3,(H,20,21). The molecule has 22 heavy (non-hydrogen) atoms. The molecular formula is C16H10O6. The Labute approximate surface area is 124 Å². The Morgan fingerprint density at radius 1 is 1.05 bits per heavy atom. The number of ether oxygens (including phenoxy) is 1. The first-order valence-electron chi connectivity index (χ1n) is 6.32. The van der Waals surface area contributed by atoms with Crippen molar-refractivity contribution in [3.05, 3.63) is 58.1 Å². The fourth-order valence-corrected chi connectivity index (χ4v) is 2.56. The van der Waals surface area contributed by atoms with Crippen LogP contribution in [0.15, 0.2) is 30.3 Å². The van der Waals surface area contributed by atoms with Gasteiger partial charge in [-0.1, -0.05) is 12.1 Å². The number of carbonyl (C=O) groups excluding carboxylic acids is 2. The minimum absolute atomic E-state index is 0.0703. The summed E-state index contributed by atoms with van der Waals surface area (Å²) in [6.45, 7) is 0. The number of rotatable bonds is 2. The molecule has 0 heterocycles. The molecule has 110 valence electrons. The van der Waals surface area contributed by atoms with Crippen molar-refractivity contribution in [3.63, 3.8) is 0 Å². The van der Waals surface area contributed by atoms with Gasteiger partial charge in [0.1, 0.15) is 11.5 Å². The lowest BCUT2D eigenvalue weighted by atomic mass is 9.82. The van der Waals surface area contributed by atoms with Crippen molar-refractivity contribution < 1.29 is 29.3 Å². The summed E-state index contributed by atoms with van der Waals surface area (Å²) < 4.78 is 5.10. The van der Waals surface area contributed by atoms with Gasteiger partial charge >= 0.3 is 5.97 Å². The molecule has 0 atom stereocenters. The predicted octanol–water partition coefficient (Wildman–Crippen LogP) is 1.87. The molecule has 0 saturated heterocycles. The number of benzene rings is 2. The number of carbonyl (C=O) groups is 3. The lowest BCUT2D eigenvalue weighted by molar-refractivity contribution is 0.0695. The molecule has 0 radical (unpaired) electrons. The summed E-state index contributed by atoms with van der Waals surface area (Å²) in [4.78, 5) is 36.2. The quantitative estimate of drug-likeness (QED) is 0.749. The summed E-state index contributed by atoms with van der Waals surface area (Å²) in [5.74, 6) is -2.71. The number of aromatic hydroxyl groups is 1. The smallest absolute Gasteiger partial charge is 0.335 e. The van der Waals surface area contributed by atoms with E-state index in [1.54, 1.807) is 6.07 Å². The summed E-state index contributed by atoms with van der Waals surface area (Å²) in [5.41, 5.74) is -0.390. The van der Waals surface area contributed by atoms with E-state index in [1.165, 1.54) is 19.2 Å². The molecule has 0 fully saturated rings. The summed E-state index contributed by atoms with van der Waals surface area (Å²) in [6.07, 6.45) is 0. The van der Waals surface area contributed by atoms with Crippen LogP contribution in [0, 0.1) is 0 Å². The molecule has 6 heteroatoms. The first kappa shape index (κ1) is 13.8. The molecule has 3 rings (SSSR count). The summed E-state index contributed by atoms with van der Waals surface area (Å²) in [6, 6.07) is 6.62. The maximum Gasteiger partial charge on any atom is 0.335 e. The second kappa shape index (κ2) is 4.70. The highest BCUT2D eigenvalue weighted by Crippen LogP contribution is 2.37. The zero-order valence-corrected chi connectivity index (χ0v) is 11.4. The Hall–Kier alpha value is -3.15. The van der Waals surface area contributed by atoms with Crippen molar-refractivity contribution >= 4 is 17.5 Å². The lowest BCUT2D eigenvalue weighted by Gasteiger charge is -2.20. The van der Waals surface area contributed by atoms with Crippen LogP contribution in [0.3, 0.4) is 0 Å². The number of methoxy groups -OCH3 is 1. The second-order valence-electron chi connectivity index (χ2n) is 4.76. The van der Waals surface area contributed by atoms with E-state index in [1.807, 2.05) is 0 Å². The van der Waals surface area contributed by atoms with Crippen LogP contribution in [-0.2, 0) is 0 Å². The number of carboxylic acids is 1. The van der Waals surface area contributed by atoms with Crippen LogP contribution in [-0.4, -0.2) is 34.9 Å². The van der Waals surface area contributed by atoms with E-state index in [4.69, 9.17) is 9.84 Å². The molecule has 2 aromatic rings. The van der Waals surface area contributed by atoms with Crippen LogP contribution >= 0.6 is 0 Å². The third-order valence-electron chi connectivity index (χ3n) is 3.55. The normalized spacial score (nSPS) is 12.6. The Morgan fingerprint density at radius 3 is 2.41 bits per heavy atom. The van der Waals surface area contributed by atoms with E-state index in [2.05, 4.69) is 0 Å². The van der Waals surface area contributed by atoms with Gasteiger partial charge in [0.2, 0.25) is 5.78 Å². The van der Waals surface area contributed by atoms with Gasteiger partial charge < -0.3 is 14.9 Å². The first-order chi connectivity index (χ1) is 10.5. The number of phenols is 1. The first-order valence-corrected chi connectivity index (χ1v) is 6.32. The minimum atomic E-state index is -1.30. The van der Waals surface area contributed by atoms with Gasteiger partial charge in [-0.15, -0.1) is 0 Å². The van der Waals surface area contributed by atoms with Crippen molar-refractivity contribution in [1.82, 2.24) is 0 Å². The van der Waals surface area contributed by atoms with Gasteiger partial charge in [-0.3, -0.25) is 9.59 Å². The molecule has 2 aromatic carbocycles. The number of hydrogen-bond donors (Lipinski definition) is 2. The molecule has 2 N–H and O–H groups in total.